The maximum Gasteiger partial charge on any atom is 0.337 e. The maximum absolute atomic E-state index is 10.9. The highest BCUT2D eigenvalue weighted by atomic mass is 79.9. The highest BCUT2D eigenvalue weighted by molar-refractivity contribution is 9.10. The summed E-state index contributed by atoms with van der Waals surface area (Å²) in [6.07, 6.45) is 0. The molecule has 0 unspecified atom stereocenters. The van der Waals surface area contributed by atoms with Gasteiger partial charge in [-0.15, -0.1) is 0 Å². The van der Waals surface area contributed by atoms with Gasteiger partial charge in [-0.1, -0.05) is 17.7 Å². The Labute approximate surface area is 110 Å². The first-order valence-corrected chi connectivity index (χ1v) is 6.46. The van der Waals surface area contributed by atoms with Crippen molar-refractivity contribution in [3.8, 4) is 11.1 Å². The minimum atomic E-state index is -1.02. The summed E-state index contributed by atoms with van der Waals surface area (Å²) < 4.78 is 0.955. The lowest BCUT2D eigenvalue weighted by Crippen LogP contribution is -1.97. The molecule has 1 heterocycles. The van der Waals surface area contributed by atoms with E-state index in [9.17, 15) is 4.79 Å². The zero-order valence-corrected chi connectivity index (χ0v) is 11.1. The van der Waals surface area contributed by atoms with Crippen LogP contribution in [0.1, 0.15) is 10.4 Å². The average molecular weight is 318 g/mol. The van der Waals surface area contributed by atoms with Crippen molar-refractivity contribution in [2.45, 2.75) is 0 Å². The van der Waals surface area contributed by atoms with Gasteiger partial charge in [0.25, 0.3) is 0 Å². The average Bonchev–Trinajstić information content (AvgIpc) is 2.65. The molecular formula is C11H6BrClO2S. The minimum Gasteiger partial charge on any atom is -0.478 e. The number of halogens is 2. The van der Waals surface area contributed by atoms with Crippen molar-refractivity contribution in [1.29, 1.82) is 0 Å². The van der Waals surface area contributed by atoms with Crippen LogP contribution in [0.25, 0.3) is 11.1 Å². The van der Waals surface area contributed by atoms with Crippen LogP contribution < -0.4 is 0 Å². The van der Waals surface area contributed by atoms with Gasteiger partial charge in [0.2, 0.25) is 0 Å². The molecule has 0 bridgehead atoms. The molecular weight excluding hydrogens is 312 g/mol. The first-order chi connectivity index (χ1) is 7.59. The number of benzene rings is 1. The SMILES string of the molecule is O=C(O)c1cc(-c2cscc2Br)ccc1Cl. The van der Waals surface area contributed by atoms with E-state index >= 15 is 0 Å². The van der Waals surface area contributed by atoms with Crippen LogP contribution in [0.15, 0.2) is 33.4 Å². The van der Waals surface area contributed by atoms with Gasteiger partial charge in [-0.25, -0.2) is 4.79 Å². The standard InChI is InChI=1S/C11H6BrClO2S/c12-9-5-16-4-8(9)6-1-2-10(13)7(3-6)11(14)15/h1-5H,(H,14,15). The van der Waals surface area contributed by atoms with E-state index in [4.69, 9.17) is 16.7 Å². The van der Waals surface area contributed by atoms with E-state index in [2.05, 4.69) is 15.9 Å². The van der Waals surface area contributed by atoms with Crippen LogP contribution in [0.4, 0.5) is 0 Å². The van der Waals surface area contributed by atoms with Crippen molar-refractivity contribution in [2.75, 3.05) is 0 Å². The molecule has 2 rings (SSSR count). The van der Waals surface area contributed by atoms with Gasteiger partial charge in [-0.05, 0) is 39.0 Å². The maximum atomic E-state index is 10.9. The van der Waals surface area contributed by atoms with E-state index in [1.165, 1.54) is 0 Å². The smallest absolute Gasteiger partial charge is 0.337 e. The molecule has 0 amide bonds. The van der Waals surface area contributed by atoms with Gasteiger partial charge in [0.05, 0.1) is 10.6 Å². The molecule has 0 aliphatic rings. The van der Waals surface area contributed by atoms with Crippen molar-refractivity contribution in [3.63, 3.8) is 0 Å². The molecule has 1 aromatic carbocycles. The van der Waals surface area contributed by atoms with E-state index in [-0.39, 0.29) is 10.6 Å². The molecule has 2 nitrogen and oxygen atoms in total. The number of rotatable bonds is 2. The first-order valence-electron chi connectivity index (χ1n) is 4.34. The predicted octanol–water partition coefficient (Wildman–Crippen LogP) is 4.53. The van der Waals surface area contributed by atoms with Crippen molar-refractivity contribution in [2.24, 2.45) is 0 Å². The Balaban J connectivity index is 2.56. The van der Waals surface area contributed by atoms with E-state index in [0.29, 0.717) is 0 Å². The Kier molecular flexibility index (Phi) is 3.33. The summed E-state index contributed by atoms with van der Waals surface area (Å²) in [6.45, 7) is 0. The van der Waals surface area contributed by atoms with Crippen LogP contribution in [0.5, 0.6) is 0 Å². The van der Waals surface area contributed by atoms with Gasteiger partial charge < -0.3 is 5.11 Å². The molecule has 0 aliphatic heterocycles. The number of hydrogen-bond donors (Lipinski definition) is 1. The van der Waals surface area contributed by atoms with E-state index < -0.39 is 5.97 Å². The molecule has 16 heavy (non-hydrogen) atoms. The molecule has 0 fully saturated rings. The van der Waals surface area contributed by atoms with Gasteiger partial charge in [0, 0.05) is 15.4 Å². The second kappa shape index (κ2) is 4.57. The lowest BCUT2D eigenvalue weighted by Gasteiger charge is -2.03. The molecule has 1 aromatic heterocycles. The fourth-order valence-corrected chi connectivity index (χ4v) is 3.07. The Morgan fingerprint density at radius 3 is 2.69 bits per heavy atom. The summed E-state index contributed by atoms with van der Waals surface area (Å²) in [7, 11) is 0. The lowest BCUT2D eigenvalue weighted by molar-refractivity contribution is 0.0697. The van der Waals surface area contributed by atoms with Crippen LogP contribution in [0.3, 0.4) is 0 Å². The Morgan fingerprint density at radius 2 is 2.12 bits per heavy atom. The Morgan fingerprint density at radius 1 is 1.38 bits per heavy atom. The first kappa shape index (κ1) is 11.6. The van der Waals surface area contributed by atoms with Crippen molar-refractivity contribution in [3.05, 3.63) is 44.0 Å². The number of carbonyl (C=O) groups is 1. The number of thiophene rings is 1. The van der Waals surface area contributed by atoms with Crippen molar-refractivity contribution < 1.29 is 9.90 Å². The zero-order valence-electron chi connectivity index (χ0n) is 7.91. The summed E-state index contributed by atoms with van der Waals surface area (Å²) in [6, 6.07) is 4.99. The molecule has 0 atom stereocenters. The highest BCUT2D eigenvalue weighted by Gasteiger charge is 2.11. The largest absolute Gasteiger partial charge is 0.478 e. The van der Waals surface area contributed by atoms with Crippen LogP contribution in [0.2, 0.25) is 5.02 Å². The Bertz CT molecular complexity index is 551. The molecule has 0 radical (unpaired) electrons. The molecule has 0 spiro atoms. The summed E-state index contributed by atoms with van der Waals surface area (Å²) in [5.41, 5.74) is 1.94. The molecule has 0 saturated carbocycles. The molecule has 0 aliphatic carbocycles. The third-order valence-electron chi connectivity index (χ3n) is 2.12. The third-order valence-corrected chi connectivity index (χ3v) is 4.15. The van der Waals surface area contributed by atoms with Crippen molar-refractivity contribution in [1.82, 2.24) is 0 Å². The number of carboxylic acids is 1. The van der Waals surface area contributed by atoms with Gasteiger partial charge in [0.15, 0.2) is 0 Å². The second-order valence-electron chi connectivity index (χ2n) is 3.13. The summed E-state index contributed by atoms with van der Waals surface area (Å²) in [4.78, 5) is 10.9. The summed E-state index contributed by atoms with van der Waals surface area (Å²) in [5.74, 6) is -1.02. The minimum absolute atomic E-state index is 0.122. The fourth-order valence-electron chi connectivity index (χ4n) is 1.34. The molecule has 0 saturated heterocycles. The summed E-state index contributed by atoms with van der Waals surface area (Å²) >= 11 is 10.8. The second-order valence-corrected chi connectivity index (χ2v) is 5.14. The fraction of sp³-hybridized carbons (Fsp3) is 0. The van der Waals surface area contributed by atoms with Crippen LogP contribution in [-0.4, -0.2) is 11.1 Å². The quantitative estimate of drug-likeness (QED) is 0.883. The summed E-state index contributed by atoms with van der Waals surface area (Å²) in [5, 5.41) is 13.1. The number of carboxylic acid groups (broad SMARTS) is 1. The van der Waals surface area contributed by atoms with Crippen LogP contribution in [0, 0.1) is 0 Å². The highest BCUT2D eigenvalue weighted by Crippen LogP contribution is 2.33. The molecule has 2 aromatic rings. The molecule has 82 valence electrons. The van der Waals surface area contributed by atoms with Crippen LogP contribution in [-0.2, 0) is 0 Å². The van der Waals surface area contributed by atoms with E-state index in [1.54, 1.807) is 23.5 Å². The van der Waals surface area contributed by atoms with Gasteiger partial charge in [0.1, 0.15) is 0 Å². The molecule has 1 N–H and O–H groups in total. The lowest BCUT2D eigenvalue weighted by atomic mass is 10.1. The van der Waals surface area contributed by atoms with Gasteiger partial charge in [-0.3, -0.25) is 0 Å². The predicted molar refractivity (Wildman–Crippen MR) is 69.4 cm³/mol. The van der Waals surface area contributed by atoms with Gasteiger partial charge in [-0.2, -0.15) is 11.3 Å². The monoisotopic (exact) mass is 316 g/mol. The van der Waals surface area contributed by atoms with E-state index in [1.807, 2.05) is 16.8 Å². The number of aromatic carboxylic acids is 1. The molecule has 5 heteroatoms. The van der Waals surface area contributed by atoms with E-state index in [0.717, 1.165) is 15.6 Å². The topological polar surface area (TPSA) is 37.3 Å². The van der Waals surface area contributed by atoms with Crippen LogP contribution >= 0.6 is 38.9 Å². The van der Waals surface area contributed by atoms with Crippen molar-refractivity contribution >= 4 is 44.8 Å². The third kappa shape index (κ3) is 2.14. The zero-order chi connectivity index (χ0) is 11.7. The Hall–Kier alpha value is -0.840. The van der Waals surface area contributed by atoms with Gasteiger partial charge >= 0.3 is 5.97 Å². The normalized spacial score (nSPS) is 10.4. The number of hydrogen-bond acceptors (Lipinski definition) is 2.